The molecule has 0 saturated carbocycles. The molecule has 5 heteroatoms. The van der Waals surface area contributed by atoms with E-state index in [9.17, 15) is 9.59 Å². The summed E-state index contributed by atoms with van der Waals surface area (Å²) in [6, 6.07) is 7.39. The van der Waals surface area contributed by atoms with Crippen LogP contribution in [0.15, 0.2) is 24.3 Å². The lowest BCUT2D eigenvalue weighted by atomic mass is 9.95. The van der Waals surface area contributed by atoms with E-state index >= 15 is 0 Å². The Labute approximate surface area is 111 Å². The molecule has 102 valence electrons. The number of aryl methyl sites for hydroxylation is 1. The fraction of sp³-hybridized carbons (Fsp3) is 0.429. The van der Waals surface area contributed by atoms with Crippen molar-refractivity contribution in [2.24, 2.45) is 0 Å². The molecular formula is C14H17NO4. The van der Waals surface area contributed by atoms with Crippen molar-refractivity contribution in [2.45, 2.75) is 19.4 Å². The normalized spacial score (nSPS) is 16.8. The lowest BCUT2D eigenvalue weighted by molar-refractivity contribution is -0.159. The number of hydrogen-bond acceptors (Lipinski definition) is 3. The maximum Gasteiger partial charge on any atom is 0.329 e. The van der Waals surface area contributed by atoms with Gasteiger partial charge in [0.1, 0.15) is 12.2 Å². The van der Waals surface area contributed by atoms with E-state index in [1.165, 1.54) is 0 Å². The van der Waals surface area contributed by atoms with Crippen molar-refractivity contribution in [1.82, 2.24) is 4.90 Å². The summed E-state index contributed by atoms with van der Waals surface area (Å²) in [5.74, 6) is -1.04. The molecule has 1 aromatic rings. The molecule has 1 aliphatic heterocycles. The quantitative estimate of drug-likeness (QED) is 0.889. The molecule has 0 unspecified atom stereocenters. The van der Waals surface area contributed by atoms with Gasteiger partial charge in [0, 0.05) is 5.56 Å². The smallest absolute Gasteiger partial charge is 0.329 e. The third-order valence-electron chi connectivity index (χ3n) is 3.18. The zero-order valence-electron chi connectivity index (χ0n) is 11.0. The van der Waals surface area contributed by atoms with Crippen LogP contribution in [-0.4, -0.2) is 47.2 Å². The standard InChI is InChI=1S/C14H17NO4/c1-10-3-5-11(6-4-10)13(18)15-8-14(2,9-15)19-7-12(16)17/h3-6H,7-9H2,1-2H3,(H,16,17). The molecule has 1 saturated heterocycles. The fourth-order valence-electron chi connectivity index (χ4n) is 2.11. The molecule has 2 rings (SSSR count). The Morgan fingerprint density at radius 2 is 1.89 bits per heavy atom. The zero-order chi connectivity index (χ0) is 14.0. The lowest BCUT2D eigenvalue weighted by Gasteiger charge is -2.47. The van der Waals surface area contributed by atoms with Crippen molar-refractivity contribution in [3.8, 4) is 0 Å². The minimum Gasteiger partial charge on any atom is -0.480 e. The van der Waals surface area contributed by atoms with E-state index in [1.807, 2.05) is 26.0 Å². The average Bonchev–Trinajstić information content (AvgIpc) is 2.33. The van der Waals surface area contributed by atoms with E-state index in [-0.39, 0.29) is 12.5 Å². The summed E-state index contributed by atoms with van der Waals surface area (Å²) in [7, 11) is 0. The predicted molar refractivity (Wildman–Crippen MR) is 69.1 cm³/mol. The van der Waals surface area contributed by atoms with Crippen LogP contribution in [0.3, 0.4) is 0 Å². The Balaban J connectivity index is 1.91. The highest BCUT2D eigenvalue weighted by atomic mass is 16.5. The van der Waals surface area contributed by atoms with Gasteiger partial charge in [-0.3, -0.25) is 4.79 Å². The van der Waals surface area contributed by atoms with Crippen molar-refractivity contribution >= 4 is 11.9 Å². The number of nitrogens with zero attached hydrogens (tertiary/aromatic N) is 1. The third-order valence-corrected chi connectivity index (χ3v) is 3.18. The van der Waals surface area contributed by atoms with Gasteiger partial charge >= 0.3 is 5.97 Å². The molecule has 0 bridgehead atoms. The second kappa shape index (κ2) is 5.01. The first kappa shape index (κ1) is 13.5. The largest absolute Gasteiger partial charge is 0.480 e. The van der Waals surface area contributed by atoms with Gasteiger partial charge in [-0.25, -0.2) is 4.79 Å². The number of rotatable bonds is 4. The third kappa shape index (κ3) is 3.12. The molecule has 0 radical (unpaired) electrons. The molecule has 19 heavy (non-hydrogen) atoms. The first-order valence-corrected chi connectivity index (χ1v) is 6.11. The van der Waals surface area contributed by atoms with Gasteiger partial charge in [-0.2, -0.15) is 0 Å². The Morgan fingerprint density at radius 1 is 1.32 bits per heavy atom. The van der Waals surface area contributed by atoms with E-state index in [0.29, 0.717) is 18.7 Å². The number of amides is 1. The number of likely N-dealkylation sites (tertiary alicyclic amines) is 1. The Kier molecular flexibility index (Phi) is 3.57. The molecule has 0 atom stereocenters. The van der Waals surface area contributed by atoms with Gasteiger partial charge in [0.05, 0.1) is 13.1 Å². The summed E-state index contributed by atoms with van der Waals surface area (Å²) in [4.78, 5) is 24.2. The number of hydrogen-bond donors (Lipinski definition) is 1. The van der Waals surface area contributed by atoms with Crippen LogP contribution in [0.25, 0.3) is 0 Å². The van der Waals surface area contributed by atoms with Gasteiger partial charge < -0.3 is 14.7 Å². The maximum atomic E-state index is 12.1. The number of benzene rings is 1. The molecule has 0 aromatic heterocycles. The van der Waals surface area contributed by atoms with E-state index in [4.69, 9.17) is 9.84 Å². The highest BCUT2D eigenvalue weighted by Crippen LogP contribution is 2.26. The second-order valence-corrected chi connectivity index (χ2v) is 5.16. The van der Waals surface area contributed by atoms with Gasteiger partial charge in [0.15, 0.2) is 0 Å². The lowest BCUT2D eigenvalue weighted by Crippen LogP contribution is -2.63. The summed E-state index contributed by atoms with van der Waals surface area (Å²) < 4.78 is 5.27. The number of carboxylic acid groups (broad SMARTS) is 1. The second-order valence-electron chi connectivity index (χ2n) is 5.16. The molecule has 0 aliphatic carbocycles. The summed E-state index contributed by atoms with van der Waals surface area (Å²) in [6.07, 6.45) is 0. The van der Waals surface area contributed by atoms with Gasteiger partial charge in [-0.1, -0.05) is 17.7 Å². The minimum atomic E-state index is -0.996. The van der Waals surface area contributed by atoms with Crippen molar-refractivity contribution in [3.63, 3.8) is 0 Å². The molecule has 1 aliphatic rings. The number of carbonyl (C=O) groups excluding carboxylic acids is 1. The predicted octanol–water partition coefficient (Wildman–Crippen LogP) is 1.31. The van der Waals surface area contributed by atoms with Crippen LogP contribution in [0.1, 0.15) is 22.8 Å². The minimum absolute atomic E-state index is 0.0450. The number of aliphatic carboxylic acids is 1. The topological polar surface area (TPSA) is 66.8 Å². The summed E-state index contributed by atoms with van der Waals surface area (Å²) in [5, 5.41) is 8.57. The van der Waals surface area contributed by atoms with Crippen LogP contribution in [0.5, 0.6) is 0 Å². The highest BCUT2D eigenvalue weighted by molar-refractivity contribution is 5.95. The van der Waals surface area contributed by atoms with E-state index in [1.54, 1.807) is 17.0 Å². The van der Waals surface area contributed by atoms with Gasteiger partial charge in [0.2, 0.25) is 0 Å². The molecule has 1 amide bonds. The van der Waals surface area contributed by atoms with E-state index in [0.717, 1.165) is 5.56 Å². The molecule has 0 spiro atoms. The summed E-state index contributed by atoms with van der Waals surface area (Å²) in [5.41, 5.74) is 1.21. The van der Waals surface area contributed by atoms with Crippen LogP contribution in [-0.2, 0) is 9.53 Å². The van der Waals surface area contributed by atoms with Crippen molar-refractivity contribution < 1.29 is 19.4 Å². The van der Waals surface area contributed by atoms with Gasteiger partial charge in [-0.15, -0.1) is 0 Å². The maximum absolute atomic E-state index is 12.1. The summed E-state index contributed by atoms with van der Waals surface area (Å²) in [6.45, 7) is 4.30. The molecule has 1 heterocycles. The van der Waals surface area contributed by atoms with Crippen LogP contribution >= 0.6 is 0 Å². The van der Waals surface area contributed by atoms with E-state index in [2.05, 4.69) is 0 Å². The average molecular weight is 263 g/mol. The number of carbonyl (C=O) groups is 2. The SMILES string of the molecule is Cc1ccc(C(=O)N2CC(C)(OCC(=O)O)C2)cc1. The summed E-state index contributed by atoms with van der Waals surface area (Å²) >= 11 is 0. The van der Waals surface area contributed by atoms with Crippen LogP contribution in [0, 0.1) is 6.92 Å². The van der Waals surface area contributed by atoms with Gasteiger partial charge in [-0.05, 0) is 26.0 Å². The monoisotopic (exact) mass is 263 g/mol. The first-order chi connectivity index (χ1) is 8.89. The van der Waals surface area contributed by atoms with Gasteiger partial charge in [0.25, 0.3) is 5.91 Å². The number of carboxylic acids is 1. The van der Waals surface area contributed by atoms with Crippen molar-refractivity contribution in [2.75, 3.05) is 19.7 Å². The molecular weight excluding hydrogens is 246 g/mol. The van der Waals surface area contributed by atoms with Crippen LogP contribution < -0.4 is 0 Å². The highest BCUT2D eigenvalue weighted by Gasteiger charge is 2.42. The molecule has 1 N–H and O–H groups in total. The Hall–Kier alpha value is -1.88. The van der Waals surface area contributed by atoms with E-state index < -0.39 is 11.6 Å². The van der Waals surface area contributed by atoms with Crippen LogP contribution in [0.2, 0.25) is 0 Å². The Bertz CT molecular complexity index is 489. The Morgan fingerprint density at radius 3 is 2.42 bits per heavy atom. The van der Waals surface area contributed by atoms with Crippen molar-refractivity contribution in [1.29, 1.82) is 0 Å². The number of ether oxygens (including phenoxy) is 1. The fourth-order valence-corrected chi connectivity index (χ4v) is 2.11. The van der Waals surface area contributed by atoms with Crippen LogP contribution in [0.4, 0.5) is 0 Å². The van der Waals surface area contributed by atoms with Crippen molar-refractivity contribution in [3.05, 3.63) is 35.4 Å². The molecule has 1 fully saturated rings. The first-order valence-electron chi connectivity index (χ1n) is 6.11. The molecule has 5 nitrogen and oxygen atoms in total. The molecule has 1 aromatic carbocycles. The zero-order valence-corrected chi connectivity index (χ0v) is 11.0.